The van der Waals surface area contributed by atoms with Crippen LogP contribution >= 0.6 is 23.2 Å². The molecule has 0 amide bonds. The third-order valence-corrected chi connectivity index (χ3v) is 3.71. The highest BCUT2D eigenvalue weighted by molar-refractivity contribution is 6.50. The summed E-state index contributed by atoms with van der Waals surface area (Å²) in [5, 5.41) is 15.0. The molecule has 0 saturated heterocycles. The Bertz CT molecular complexity index is 923. The highest BCUT2D eigenvalue weighted by Gasteiger charge is 2.14. The molecule has 24 heavy (non-hydrogen) atoms. The Morgan fingerprint density at radius 1 is 1.21 bits per heavy atom. The first kappa shape index (κ1) is 16.2. The van der Waals surface area contributed by atoms with Gasteiger partial charge in [0.15, 0.2) is 0 Å². The molecule has 0 saturated carbocycles. The third kappa shape index (κ3) is 3.45. The van der Waals surface area contributed by atoms with Crippen LogP contribution in [0.2, 0.25) is 5.02 Å². The fourth-order valence-electron chi connectivity index (χ4n) is 1.99. The van der Waals surface area contributed by atoms with E-state index in [0.717, 1.165) is 5.56 Å². The summed E-state index contributed by atoms with van der Waals surface area (Å²) in [6.45, 7) is 0. The van der Waals surface area contributed by atoms with Crippen LogP contribution in [0.15, 0.2) is 53.1 Å². The maximum absolute atomic E-state index is 10.9. The lowest BCUT2D eigenvalue weighted by Gasteiger charge is -1.98. The predicted octanol–water partition coefficient (Wildman–Crippen LogP) is 5.04. The summed E-state index contributed by atoms with van der Waals surface area (Å²) in [7, 11) is 0. The van der Waals surface area contributed by atoms with Crippen molar-refractivity contribution < 1.29 is 9.45 Å². The SMILES string of the molecule is O=[N+]([O-])c1cc(/C=C(\Cl)c2nc(-c3ccccc3)no2)ccc1Cl. The van der Waals surface area contributed by atoms with Crippen LogP contribution in [0.5, 0.6) is 0 Å². The summed E-state index contributed by atoms with van der Waals surface area (Å²) in [6, 6.07) is 13.6. The number of rotatable bonds is 4. The lowest BCUT2D eigenvalue weighted by Crippen LogP contribution is -1.89. The second kappa shape index (κ2) is 6.82. The Morgan fingerprint density at radius 3 is 2.67 bits per heavy atom. The van der Waals surface area contributed by atoms with Gasteiger partial charge in [0, 0.05) is 11.6 Å². The summed E-state index contributed by atoms with van der Waals surface area (Å²) >= 11 is 12.0. The number of hydrogen-bond acceptors (Lipinski definition) is 5. The fraction of sp³-hybridized carbons (Fsp3) is 0. The minimum atomic E-state index is -0.562. The summed E-state index contributed by atoms with van der Waals surface area (Å²) in [5.41, 5.74) is 1.08. The van der Waals surface area contributed by atoms with Gasteiger partial charge in [-0.15, -0.1) is 0 Å². The smallest absolute Gasteiger partial charge is 0.288 e. The minimum absolute atomic E-state index is 0.0532. The molecule has 1 heterocycles. The van der Waals surface area contributed by atoms with E-state index < -0.39 is 4.92 Å². The van der Waals surface area contributed by atoms with Gasteiger partial charge in [-0.05, 0) is 17.7 Å². The Balaban J connectivity index is 1.91. The molecule has 0 bridgehead atoms. The van der Waals surface area contributed by atoms with Crippen molar-refractivity contribution in [2.75, 3.05) is 0 Å². The van der Waals surface area contributed by atoms with Crippen molar-refractivity contribution in [3.8, 4) is 11.4 Å². The van der Waals surface area contributed by atoms with E-state index in [1.165, 1.54) is 18.2 Å². The maximum Gasteiger partial charge on any atom is 0.288 e. The van der Waals surface area contributed by atoms with Gasteiger partial charge in [0.2, 0.25) is 5.82 Å². The van der Waals surface area contributed by atoms with Crippen molar-refractivity contribution in [1.29, 1.82) is 0 Å². The topological polar surface area (TPSA) is 82.1 Å². The highest BCUT2D eigenvalue weighted by Crippen LogP contribution is 2.28. The molecule has 0 aliphatic heterocycles. The van der Waals surface area contributed by atoms with E-state index in [-0.39, 0.29) is 21.6 Å². The summed E-state index contributed by atoms with van der Waals surface area (Å²) in [5.74, 6) is 0.521. The lowest BCUT2D eigenvalue weighted by molar-refractivity contribution is -0.384. The third-order valence-electron chi connectivity index (χ3n) is 3.12. The van der Waals surface area contributed by atoms with Crippen LogP contribution < -0.4 is 0 Å². The molecule has 0 atom stereocenters. The molecule has 0 spiro atoms. The highest BCUT2D eigenvalue weighted by atomic mass is 35.5. The van der Waals surface area contributed by atoms with Crippen LogP contribution in [0.3, 0.4) is 0 Å². The Morgan fingerprint density at radius 2 is 1.96 bits per heavy atom. The second-order valence-electron chi connectivity index (χ2n) is 4.75. The van der Waals surface area contributed by atoms with Gasteiger partial charge in [0.1, 0.15) is 10.1 Å². The Hall–Kier alpha value is -2.70. The van der Waals surface area contributed by atoms with E-state index in [2.05, 4.69) is 10.1 Å². The van der Waals surface area contributed by atoms with Crippen molar-refractivity contribution in [3.05, 3.63) is 75.1 Å². The van der Waals surface area contributed by atoms with Crippen LogP contribution in [0, 0.1) is 10.1 Å². The first-order valence-corrected chi connectivity index (χ1v) is 7.51. The molecule has 0 unspecified atom stereocenters. The number of nitrogens with zero attached hydrogens (tertiary/aromatic N) is 3. The average molecular weight is 362 g/mol. The lowest BCUT2D eigenvalue weighted by atomic mass is 10.2. The summed E-state index contributed by atoms with van der Waals surface area (Å²) in [6.07, 6.45) is 1.49. The van der Waals surface area contributed by atoms with E-state index in [1.54, 1.807) is 6.07 Å². The minimum Gasteiger partial charge on any atom is -0.333 e. The molecular formula is C16H9Cl2N3O3. The number of halogens is 2. The zero-order chi connectivity index (χ0) is 17.1. The molecule has 2 aromatic carbocycles. The molecule has 3 aromatic rings. The van der Waals surface area contributed by atoms with Crippen molar-refractivity contribution in [2.24, 2.45) is 0 Å². The summed E-state index contributed by atoms with van der Waals surface area (Å²) < 4.78 is 5.13. The monoisotopic (exact) mass is 361 g/mol. The van der Waals surface area contributed by atoms with Gasteiger partial charge in [-0.25, -0.2) is 0 Å². The average Bonchev–Trinajstić information content (AvgIpc) is 3.07. The van der Waals surface area contributed by atoms with Crippen LogP contribution in [-0.4, -0.2) is 15.1 Å². The van der Waals surface area contributed by atoms with Gasteiger partial charge in [0.25, 0.3) is 11.6 Å². The first-order chi connectivity index (χ1) is 11.5. The quantitative estimate of drug-likeness (QED) is 0.480. The number of benzene rings is 2. The second-order valence-corrected chi connectivity index (χ2v) is 5.56. The molecule has 0 aliphatic carbocycles. The number of hydrogen-bond donors (Lipinski definition) is 0. The Kier molecular flexibility index (Phi) is 4.59. The van der Waals surface area contributed by atoms with Gasteiger partial charge in [-0.1, -0.05) is 64.8 Å². The van der Waals surface area contributed by atoms with E-state index in [0.29, 0.717) is 11.4 Å². The number of nitro benzene ring substituents is 1. The molecule has 3 rings (SSSR count). The van der Waals surface area contributed by atoms with Crippen molar-refractivity contribution in [2.45, 2.75) is 0 Å². The molecule has 0 aliphatic rings. The zero-order valence-electron chi connectivity index (χ0n) is 12.0. The molecule has 1 aromatic heterocycles. The van der Waals surface area contributed by atoms with Gasteiger partial charge >= 0.3 is 0 Å². The number of nitro groups is 1. The standard InChI is InChI=1S/C16H9Cl2N3O3/c17-12-7-6-10(9-14(12)21(22)23)8-13(18)16-19-15(20-24-16)11-4-2-1-3-5-11/h1-9H/b13-8-. The van der Waals surface area contributed by atoms with Gasteiger partial charge in [0.05, 0.1) is 4.92 Å². The molecule has 120 valence electrons. The van der Waals surface area contributed by atoms with Crippen molar-refractivity contribution >= 4 is 40.0 Å². The molecule has 0 N–H and O–H groups in total. The van der Waals surface area contributed by atoms with Crippen molar-refractivity contribution in [3.63, 3.8) is 0 Å². The fourth-order valence-corrected chi connectivity index (χ4v) is 2.38. The largest absolute Gasteiger partial charge is 0.333 e. The molecule has 8 heteroatoms. The van der Waals surface area contributed by atoms with Crippen LogP contribution in [0.1, 0.15) is 11.5 Å². The van der Waals surface area contributed by atoms with Crippen LogP contribution in [0.25, 0.3) is 22.5 Å². The zero-order valence-corrected chi connectivity index (χ0v) is 13.5. The van der Waals surface area contributed by atoms with E-state index in [9.17, 15) is 10.1 Å². The van der Waals surface area contributed by atoms with Gasteiger partial charge in [-0.2, -0.15) is 4.98 Å². The predicted molar refractivity (Wildman–Crippen MR) is 91.6 cm³/mol. The molecule has 0 fully saturated rings. The molecular weight excluding hydrogens is 353 g/mol. The van der Waals surface area contributed by atoms with E-state index in [1.807, 2.05) is 30.3 Å². The van der Waals surface area contributed by atoms with Gasteiger partial charge in [-0.3, -0.25) is 10.1 Å². The summed E-state index contributed by atoms with van der Waals surface area (Å²) in [4.78, 5) is 14.6. The van der Waals surface area contributed by atoms with Crippen LogP contribution in [-0.2, 0) is 0 Å². The first-order valence-electron chi connectivity index (χ1n) is 6.75. The normalized spacial score (nSPS) is 11.5. The van der Waals surface area contributed by atoms with Crippen LogP contribution in [0.4, 0.5) is 5.69 Å². The Labute approximate surface area is 146 Å². The van der Waals surface area contributed by atoms with Crippen molar-refractivity contribution in [1.82, 2.24) is 10.1 Å². The van der Waals surface area contributed by atoms with E-state index >= 15 is 0 Å². The van der Waals surface area contributed by atoms with E-state index in [4.69, 9.17) is 27.7 Å². The molecule has 6 nitrogen and oxygen atoms in total. The van der Waals surface area contributed by atoms with Gasteiger partial charge < -0.3 is 4.52 Å². The molecule has 0 radical (unpaired) electrons. The maximum atomic E-state index is 10.9. The number of aromatic nitrogens is 2.